The number of piperazine rings is 1. The molecule has 1 saturated heterocycles. The van der Waals surface area contributed by atoms with Crippen LogP contribution in [0.4, 0.5) is 11.5 Å². The summed E-state index contributed by atoms with van der Waals surface area (Å²) < 4.78 is 0. The molecule has 2 N–H and O–H groups in total. The molecule has 2 aliphatic heterocycles. The Hall–Kier alpha value is -4.04. The van der Waals surface area contributed by atoms with Crippen LogP contribution in [0.3, 0.4) is 0 Å². The molecule has 6 rings (SSSR count). The number of hydrogen-bond donors (Lipinski definition) is 2. The summed E-state index contributed by atoms with van der Waals surface area (Å²) in [6, 6.07) is 19.3. The zero-order valence-corrected chi connectivity index (χ0v) is 21.4. The zero-order chi connectivity index (χ0) is 26.3. The fourth-order valence-corrected chi connectivity index (χ4v) is 5.80. The van der Waals surface area contributed by atoms with Crippen LogP contribution in [0.5, 0.6) is 0 Å². The van der Waals surface area contributed by atoms with Gasteiger partial charge in [0.25, 0.3) is 0 Å². The zero-order valence-electron chi connectivity index (χ0n) is 21.4. The molecule has 194 valence electrons. The Morgan fingerprint density at radius 2 is 1.82 bits per heavy atom. The van der Waals surface area contributed by atoms with E-state index in [4.69, 9.17) is 0 Å². The molecule has 3 amide bonds. The maximum atomic E-state index is 13.6. The van der Waals surface area contributed by atoms with Gasteiger partial charge in [0.1, 0.15) is 17.9 Å². The maximum Gasteiger partial charge on any atom is 0.244 e. The van der Waals surface area contributed by atoms with Crippen LogP contribution in [0.25, 0.3) is 0 Å². The van der Waals surface area contributed by atoms with Crippen LogP contribution >= 0.6 is 0 Å². The molecule has 8 heteroatoms. The van der Waals surface area contributed by atoms with E-state index in [1.54, 1.807) is 11.1 Å². The van der Waals surface area contributed by atoms with E-state index in [1.807, 2.05) is 67.7 Å². The van der Waals surface area contributed by atoms with E-state index in [-0.39, 0.29) is 36.7 Å². The smallest absolute Gasteiger partial charge is 0.244 e. The Bertz CT molecular complexity index is 1400. The second-order valence-corrected chi connectivity index (χ2v) is 10.5. The van der Waals surface area contributed by atoms with Gasteiger partial charge in [0.2, 0.25) is 17.7 Å². The van der Waals surface area contributed by atoms with Crippen LogP contribution in [0.2, 0.25) is 0 Å². The number of carbonyl (C=O) groups is 3. The average Bonchev–Trinajstić information content (AvgIpc) is 3.71. The van der Waals surface area contributed by atoms with E-state index in [2.05, 4.69) is 20.5 Å². The minimum Gasteiger partial charge on any atom is -0.325 e. The van der Waals surface area contributed by atoms with E-state index in [1.165, 1.54) is 0 Å². The van der Waals surface area contributed by atoms with E-state index in [9.17, 15) is 14.4 Å². The first-order chi connectivity index (χ1) is 18.4. The Morgan fingerprint density at radius 3 is 2.61 bits per heavy atom. The van der Waals surface area contributed by atoms with Gasteiger partial charge in [0.05, 0.1) is 12.5 Å². The predicted octanol–water partition coefficient (Wildman–Crippen LogP) is 3.35. The number of hydrogen-bond acceptors (Lipinski definition) is 5. The molecule has 1 atom stereocenters. The highest BCUT2D eigenvalue weighted by molar-refractivity contribution is 5.98. The van der Waals surface area contributed by atoms with Gasteiger partial charge >= 0.3 is 0 Å². The summed E-state index contributed by atoms with van der Waals surface area (Å²) in [5.41, 5.74) is 4.13. The van der Waals surface area contributed by atoms with Crippen LogP contribution in [-0.2, 0) is 33.6 Å². The third kappa shape index (κ3) is 4.56. The Labute approximate surface area is 222 Å². The standard InChI is InChI=1S/C30H31N5O3/c1-34-18-25(21-6-3-2-4-7-21)35(29(38)30(34)13-14-30)19-27(37)32-24-12-11-20-9-10-22-8-5-15-31-28(22)33-26(36)17-23(20)16-24/h2-8,11-12,15-16,25H,9-10,13-14,17-19H2,1H3,(H,32,37)(H,31,33,36)/t25-/m0/s1. The van der Waals surface area contributed by atoms with Crippen LogP contribution in [-0.4, -0.2) is 58.2 Å². The molecule has 3 aliphatic rings. The minimum absolute atomic E-state index is 0.0213. The fourth-order valence-electron chi connectivity index (χ4n) is 5.80. The first kappa shape index (κ1) is 24.3. The number of benzene rings is 2. The number of fused-ring (bicyclic) bond motifs is 2. The maximum absolute atomic E-state index is 13.6. The van der Waals surface area contributed by atoms with Gasteiger partial charge in [-0.15, -0.1) is 0 Å². The topological polar surface area (TPSA) is 94.6 Å². The van der Waals surface area contributed by atoms with Gasteiger partial charge in [-0.1, -0.05) is 42.5 Å². The van der Waals surface area contributed by atoms with Gasteiger partial charge < -0.3 is 15.5 Å². The van der Waals surface area contributed by atoms with Gasteiger partial charge in [-0.05, 0) is 73.2 Å². The number of likely N-dealkylation sites (N-methyl/N-ethyl adjacent to an activating group) is 1. The molecule has 1 spiro atoms. The molecule has 1 aromatic heterocycles. The van der Waals surface area contributed by atoms with Crippen LogP contribution in [0.15, 0.2) is 66.9 Å². The fraction of sp³-hybridized carbons (Fsp3) is 0.333. The molecule has 1 aliphatic carbocycles. The quantitative estimate of drug-likeness (QED) is 0.563. The van der Waals surface area contributed by atoms with Gasteiger partial charge in [-0.25, -0.2) is 4.98 Å². The van der Waals surface area contributed by atoms with E-state index in [0.717, 1.165) is 47.9 Å². The van der Waals surface area contributed by atoms with Crippen molar-refractivity contribution in [3.63, 3.8) is 0 Å². The lowest BCUT2D eigenvalue weighted by Crippen LogP contribution is -2.59. The molecule has 1 saturated carbocycles. The number of aromatic nitrogens is 1. The van der Waals surface area contributed by atoms with E-state index in [0.29, 0.717) is 18.1 Å². The summed E-state index contributed by atoms with van der Waals surface area (Å²) in [4.78, 5) is 47.8. The van der Waals surface area contributed by atoms with Crippen molar-refractivity contribution in [3.05, 3.63) is 89.1 Å². The lowest BCUT2D eigenvalue weighted by atomic mass is 9.97. The van der Waals surface area contributed by atoms with Gasteiger partial charge in [0.15, 0.2) is 0 Å². The molecule has 38 heavy (non-hydrogen) atoms. The first-order valence-corrected chi connectivity index (χ1v) is 13.2. The molecular formula is C30H31N5O3. The van der Waals surface area contributed by atoms with Crippen molar-refractivity contribution in [2.75, 3.05) is 30.8 Å². The van der Waals surface area contributed by atoms with Crippen molar-refractivity contribution in [2.24, 2.45) is 0 Å². The highest BCUT2D eigenvalue weighted by Gasteiger charge is 2.59. The molecule has 0 radical (unpaired) electrons. The lowest BCUT2D eigenvalue weighted by Gasteiger charge is -2.44. The van der Waals surface area contributed by atoms with Crippen molar-refractivity contribution in [1.82, 2.24) is 14.8 Å². The molecule has 3 heterocycles. The number of rotatable bonds is 4. The third-order valence-corrected chi connectivity index (χ3v) is 8.09. The highest BCUT2D eigenvalue weighted by atomic mass is 16.2. The lowest BCUT2D eigenvalue weighted by molar-refractivity contribution is -0.149. The summed E-state index contributed by atoms with van der Waals surface area (Å²) in [7, 11) is 2.00. The molecule has 0 unspecified atom stereocenters. The molecular weight excluding hydrogens is 478 g/mol. The molecule has 2 aromatic carbocycles. The van der Waals surface area contributed by atoms with E-state index >= 15 is 0 Å². The Balaban J connectivity index is 1.20. The van der Waals surface area contributed by atoms with Crippen LogP contribution < -0.4 is 10.6 Å². The molecule has 2 fully saturated rings. The SMILES string of the molecule is CN1C[C@@H](c2ccccc2)N(CC(=O)Nc2ccc3c(c2)CC(=O)Nc2ncccc2CC3)C(=O)C12CC2. The summed E-state index contributed by atoms with van der Waals surface area (Å²) in [5, 5.41) is 5.90. The second kappa shape index (κ2) is 9.68. The normalized spacial score (nSPS) is 20.4. The summed E-state index contributed by atoms with van der Waals surface area (Å²) in [6.07, 6.45) is 5.06. The molecule has 3 aromatic rings. The summed E-state index contributed by atoms with van der Waals surface area (Å²) >= 11 is 0. The summed E-state index contributed by atoms with van der Waals surface area (Å²) in [6.45, 7) is 0.667. The number of nitrogens with zero attached hydrogens (tertiary/aromatic N) is 3. The number of nitrogens with one attached hydrogen (secondary N) is 2. The monoisotopic (exact) mass is 509 g/mol. The highest BCUT2D eigenvalue weighted by Crippen LogP contribution is 2.47. The van der Waals surface area contributed by atoms with Crippen LogP contribution in [0, 0.1) is 0 Å². The van der Waals surface area contributed by atoms with Crippen molar-refractivity contribution < 1.29 is 14.4 Å². The van der Waals surface area contributed by atoms with Crippen molar-refractivity contribution in [1.29, 1.82) is 0 Å². The number of pyridine rings is 1. The summed E-state index contributed by atoms with van der Waals surface area (Å²) in [5.74, 6) is 0.246. The minimum atomic E-state index is -0.466. The third-order valence-electron chi connectivity index (χ3n) is 8.09. The predicted molar refractivity (Wildman–Crippen MR) is 145 cm³/mol. The van der Waals surface area contributed by atoms with Gasteiger partial charge in [-0.3, -0.25) is 19.3 Å². The second-order valence-electron chi connectivity index (χ2n) is 10.5. The Kier molecular flexibility index (Phi) is 6.19. The van der Waals surface area contributed by atoms with Crippen molar-refractivity contribution in [2.45, 2.75) is 43.7 Å². The van der Waals surface area contributed by atoms with Crippen molar-refractivity contribution in [3.8, 4) is 0 Å². The molecule has 8 nitrogen and oxygen atoms in total. The van der Waals surface area contributed by atoms with Gasteiger partial charge in [-0.2, -0.15) is 0 Å². The number of amides is 3. The first-order valence-electron chi connectivity index (χ1n) is 13.2. The number of carbonyl (C=O) groups excluding carboxylic acids is 3. The van der Waals surface area contributed by atoms with E-state index < -0.39 is 5.54 Å². The van der Waals surface area contributed by atoms with Gasteiger partial charge in [0, 0.05) is 18.4 Å². The number of anilines is 2. The number of aryl methyl sites for hydroxylation is 2. The largest absolute Gasteiger partial charge is 0.325 e. The average molecular weight is 510 g/mol. The molecule has 0 bridgehead atoms. The Morgan fingerprint density at radius 1 is 1.03 bits per heavy atom. The van der Waals surface area contributed by atoms with Crippen molar-refractivity contribution >= 4 is 29.2 Å². The van der Waals surface area contributed by atoms with Crippen LogP contribution in [0.1, 0.15) is 41.1 Å².